The van der Waals surface area contributed by atoms with Gasteiger partial charge in [-0.25, -0.2) is 9.59 Å². The molecule has 0 saturated heterocycles. The first-order valence-electron chi connectivity index (χ1n) is 12.4. The van der Waals surface area contributed by atoms with Crippen LogP contribution in [0, 0.1) is 11.8 Å². The van der Waals surface area contributed by atoms with E-state index < -0.39 is 23.6 Å². The number of cyclic esters (lactones) is 1. The molecule has 0 aromatic carbocycles. The standard InChI is InChI=1S/C27H31N3O6/c1-5-15-16-9-14(36-25(32)22(28)13(3)4)7-8-20(16)29-23-17(15)11-30-21(23)10-19-18(24(30)31)12-35-26(33)27(19,34)6-2/h7-10,13,16,20,22,34H,5-6,11-12,28H2,1-4H3/t16?,20?,22-,27-/m0/s1. The molecule has 2 unspecified atom stereocenters. The number of nitrogens with zero attached hydrogens (tertiary/aromatic N) is 2. The second-order valence-electron chi connectivity index (χ2n) is 10.1. The van der Waals surface area contributed by atoms with Gasteiger partial charge in [-0.3, -0.25) is 9.79 Å². The predicted octanol–water partition coefficient (Wildman–Crippen LogP) is 1.99. The molecular weight excluding hydrogens is 462 g/mol. The van der Waals surface area contributed by atoms with E-state index in [0.717, 1.165) is 17.6 Å². The molecule has 1 aromatic rings. The van der Waals surface area contributed by atoms with E-state index in [2.05, 4.69) is 0 Å². The van der Waals surface area contributed by atoms with Crippen molar-refractivity contribution in [3.05, 3.63) is 68.4 Å². The summed E-state index contributed by atoms with van der Waals surface area (Å²) < 4.78 is 12.4. The van der Waals surface area contributed by atoms with Crippen LogP contribution < -0.4 is 11.3 Å². The Morgan fingerprint density at radius 3 is 2.78 bits per heavy atom. The highest BCUT2D eigenvalue weighted by molar-refractivity contribution is 6.15. The molecule has 0 amide bonds. The highest BCUT2D eigenvalue weighted by atomic mass is 16.6. The average molecular weight is 494 g/mol. The lowest BCUT2D eigenvalue weighted by molar-refractivity contribution is -0.172. The molecule has 0 bridgehead atoms. The topological polar surface area (TPSA) is 133 Å². The van der Waals surface area contributed by atoms with E-state index in [-0.39, 0.29) is 36.5 Å². The summed E-state index contributed by atoms with van der Waals surface area (Å²) in [5.41, 5.74) is 7.75. The molecule has 0 radical (unpaired) electrons. The monoisotopic (exact) mass is 493 g/mol. The number of aliphatic imine (C=N–C) groups is 1. The minimum absolute atomic E-state index is 0.0410. The van der Waals surface area contributed by atoms with Gasteiger partial charge in [-0.2, -0.15) is 0 Å². The number of carbonyl (C=O) groups is 2. The lowest BCUT2D eigenvalue weighted by Gasteiger charge is -2.32. The number of hydrogen-bond acceptors (Lipinski definition) is 8. The molecule has 36 heavy (non-hydrogen) atoms. The van der Waals surface area contributed by atoms with Crippen LogP contribution in [-0.4, -0.2) is 39.4 Å². The molecule has 3 N–H and O–H groups in total. The summed E-state index contributed by atoms with van der Waals surface area (Å²) in [6, 6.07) is 0.785. The fourth-order valence-electron chi connectivity index (χ4n) is 5.44. The molecule has 5 rings (SSSR count). The first-order valence-corrected chi connectivity index (χ1v) is 12.4. The highest BCUT2D eigenvalue weighted by Crippen LogP contribution is 2.41. The summed E-state index contributed by atoms with van der Waals surface area (Å²) >= 11 is 0. The van der Waals surface area contributed by atoms with E-state index >= 15 is 0 Å². The molecule has 0 fully saturated rings. The quantitative estimate of drug-likeness (QED) is 0.599. The largest absolute Gasteiger partial charge is 0.458 e. The van der Waals surface area contributed by atoms with E-state index in [0.29, 0.717) is 34.8 Å². The van der Waals surface area contributed by atoms with Crippen LogP contribution in [0.1, 0.15) is 57.4 Å². The van der Waals surface area contributed by atoms with Gasteiger partial charge in [0, 0.05) is 11.5 Å². The van der Waals surface area contributed by atoms with Crippen molar-refractivity contribution < 1.29 is 24.2 Å². The fraction of sp³-hybridized carbons (Fsp3) is 0.481. The Bertz CT molecular complexity index is 1350. The van der Waals surface area contributed by atoms with Crippen LogP contribution in [0.25, 0.3) is 0 Å². The zero-order valence-electron chi connectivity index (χ0n) is 20.9. The van der Waals surface area contributed by atoms with E-state index in [4.69, 9.17) is 20.2 Å². The van der Waals surface area contributed by atoms with Gasteiger partial charge in [0.05, 0.1) is 29.6 Å². The number of dihydropyridines is 1. The lowest BCUT2D eigenvalue weighted by Crippen LogP contribution is -2.44. The molecule has 1 aliphatic carbocycles. The summed E-state index contributed by atoms with van der Waals surface area (Å²) in [7, 11) is 0. The number of rotatable bonds is 5. The molecule has 0 saturated carbocycles. The number of ether oxygens (including phenoxy) is 2. The Morgan fingerprint density at radius 2 is 2.11 bits per heavy atom. The first-order chi connectivity index (χ1) is 17.1. The zero-order chi connectivity index (χ0) is 25.9. The summed E-state index contributed by atoms with van der Waals surface area (Å²) in [6.07, 6.45) is 6.34. The molecule has 4 heterocycles. The Kier molecular flexibility index (Phi) is 5.88. The van der Waals surface area contributed by atoms with Crippen molar-refractivity contribution in [2.24, 2.45) is 22.6 Å². The Labute approximate surface area is 209 Å². The number of aromatic nitrogens is 1. The third kappa shape index (κ3) is 3.52. The SMILES string of the molecule is CCC1=C2Cn3c(cc4c(c3=O)COC(=O)[C@]4(O)CC)C2=NC2C=CC(OC(=O)[C@@H](N)C(C)C)=CC12. The number of nitrogens with two attached hydrogens (primary N) is 1. The fourth-order valence-corrected chi connectivity index (χ4v) is 5.44. The smallest absolute Gasteiger partial charge is 0.343 e. The maximum atomic E-state index is 13.4. The van der Waals surface area contributed by atoms with Crippen LogP contribution in [-0.2, 0) is 37.8 Å². The molecule has 3 aliphatic heterocycles. The molecule has 0 spiro atoms. The lowest BCUT2D eigenvalue weighted by atomic mass is 9.80. The number of fused-ring (bicyclic) bond motifs is 5. The number of aliphatic hydroxyl groups is 1. The number of pyridine rings is 1. The van der Waals surface area contributed by atoms with Gasteiger partial charge in [-0.05, 0) is 42.6 Å². The van der Waals surface area contributed by atoms with Crippen molar-refractivity contribution >= 4 is 17.7 Å². The summed E-state index contributed by atoms with van der Waals surface area (Å²) in [5, 5.41) is 11.1. The maximum Gasteiger partial charge on any atom is 0.343 e. The van der Waals surface area contributed by atoms with Crippen molar-refractivity contribution in [3.63, 3.8) is 0 Å². The van der Waals surface area contributed by atoms with Crippen molar-refractivity contribution in [2.45, 2.75) is 71.4 Å². The average Bonchev–Trinajstić information content (AvgIpc) is 3.23. The van der Waals surface area contributed by atoms with Gasteiger partial charge in [-0.15, -0.1) is 0 Å². The second-order valence-corrected chi connectivity index (χ2v) is 10.1. The van der Waals surface area contributed by atoms with Gasteiger partial charge in [0.1, 0.15) is 18.4 Å². The third-order valence-corrected chi connectivity index (χ3v) is 7.71. The van der Waals surface area contributed by atoms with Gasteiger partial charge >= 0.3 is 11.9 Å². The number of allylic oxidation sites excluding steroid dienone is 2. The summed E-state index contributed by atoms with van der Waals surface area (Å²) in [4.78, 5) is 43.2. The van der Waals surface area contributed by atoms with Gasteiger partial charge in [0.2, 0.25) is 0 Å². The maximum absolute atomic E-state index is 13.4. The van der Waals surface area contributed by atoms with Crippen molar-refractivity contribution in [1.29, 1.82) is 0 Å². The van der Waals surface area contributed by atoms with Gasteiger partial charge in [0.25, 0.3) is 5.56 Å². The molecule has 4 aliphatic rings. The van der Waals surface area contributed by atoms with Crippen LogP contribution in [0.2, 0.25) is 0 Å². The molecule has 1 aromatic heterocycles. The zero-order valence-corrected chi connectivity index (χ0v) is 20.9. The molecule has 190 valence electrons. The van der Waals surface area contributed by atoms with Crippen LogP contribution >= 0.6 is 0 Å². The minimum Gasteiger partial charge on any atom is -0.458 e. The number of esters is 2. The highest BCUT2D eigenvalue weighted by Gasteiger charge is 2.46. The Morgan fingerprint density at radius 1 is 1.36 bits per heavy atom. The van der Waals surface area contributed by atoms with Crippen molar-refractivity contribution in [1.82, 2.24) is 4.57 Å². The van der Waals surface area contributed by atoms with Gasteiger partial charge in [-0.1, -0.05) is 39.3 Å². The Hall–Kier alpha value is -3.30. The van der Waals surface area contributed by atoms with Crippen molar-refractivity contribution in [2.75, 3.05) is 0 Å². The van der Waals surface area contributed by atoms with Crippen LogP contribution in [0.4, 0.5) is 0 Å². The molecule has 4 atom stereocenters. The van der Waals surface area contributed by atoms with E-state index in [1.54, 1.807) is 23.6 Å². The van der Waals surface area contributed by atoms with E-state index in [9.17, 15) is 19.5 Å². The van der Waals surface area contributed by atoms with E-state index in [1.807, 2.05) is 32.9 Å². The van der Waals surface area contributed by atoms with Crippen LogP contribution in [0.3, 0.4) is 0 Å². The second kappa shape index (κ2) is 8.67. The van der Waals surface area contributed by atoms with Crippen LogP contribution in [0.5, 0.6) is 0 Å². The number of hydrogen-bond donors (Lipinski definition) is 2. The normalized spacial score (nSPS) is 26.9. The minimum atomic E-state index is -1.86. The Balaban J connectivity index is 1.56. The summed E-state index contributed by atoms with van der Waals surface area (Å²) in [6.45, 7) is 7.65. The van der Waals surface area contributed by atoms with Crippen molar-refractivity contribution in [3.8, 4) is 0 Å². The molecule has 9 heteroatoms. The molecular formula is C27H31N3O6. The molecule has 9 nitrogen and oxygen atoms in total. The number of carbonyl (C=O) groups excluding carboxylic acids is 2. The first kappa shape index (κ1) is 24.4. The van der Waals surface area contributed by atoms with Crippen LogP contribution in [0.15, 0.2) is 51.0 Å². The summed E-state index contributed by atoms with van der Waals surface area (Å²) in [5.74, 6) is -0.935. The van der Waals surface area contributed by atoms with Gasteiger partial charge < -0.3 is 24.9 Å². The third-order valence-electron chi connectivity index (χ3n) is 7.71. The van der Waals surface area contributed by atoms with Gasteiger partial charge in [0.15, 0.2) is 5.60 Å². The predicted molar refractivity (Wildman–Crippen MR) is 132 cm³/mol. The van der Waals surface area contributed by atoms with E-state index in [1.165, 1.54) is 0 Å².